The number of carbonyl (C=O) groups is 1. The zero-order chi connectivity index (χ0) is 20.1. The van der Waals surface area contributed by atoms with Gasteiger partial charge in [-0.3, -0.25) is 14.7 Å². The topological polar surface area (TPSA) is 52.2 Å². The molecule has 3 aromatic rings. The summed E-state index contributed by atoms with van der Waals surface area (Å²) < 4.78 is 0. The molecule has 0 spiro atoms. The number of aromatic amines is 1. The molecule has 1 saturated heterocycles. The molecule has 0 unspecified atom stereocenters. The van der Waals surface area contributed by atoms with Crippen molar-refractivity contribution in [3.05, 3.63) is 66.1 Å². The normalized spacial score (nSPS) is 17.9. The van der Waals surface area contributed by atoms with E-state index in [4.69, 9.17) is 0 Å². The highest BCUT2D eigenvalue weighted by molar-refractivity contribution is 5.84. The van der Waals surface area contributed by atoms with Gasteiger partial charge in [-0.25, -0.2) is 0 Å². The second-order valence-electron chi connectivity index (χ2n) is 8.08. The molecule has 1 N–H and O–H groups in total. The van der Waals surface area contributed by atoms with Crippen LogP contribution in [0.4, 0.5) is 0 Å². The van der Waals surface area contributed by atoms with Gasteiger partial charge in [0.2, 0.25) is 5.91 Å². The molecule has 0 bridgehead atoms. The molecule has 0 radical (unpaired) electrons. The second kappa shape index (κ2) is 9.23. The highest BCUT2D eigenvalue weighted by Crippen LogP contribution is 2.21. The highest BCUT2D eigenvalue weighted by Gasteiger charge is 2.29. The van der Waals surface area contributed by atoms with Crippen LogP contribution in [0.15, 0.2) is 55.0 Å². The van der Waals surface area contributed by atoms with E-state index in [1.165, 1.54) is 23.8 Å². The third-order valence-corrected chi connectivity index (χ3v) is 6.04. The summed E-state index contributed by atoms with van der Waals surface area (Å²) in [5, 5.41) is 1.24. The highest BCUT2D eigenvalue weighted by atomic mass is 16.2. The number of likely N-dealkylation sites (tertiary alicyclic amines) is 1. The van der Waals surface area contributed by atoms with Crippen molar-refractivity contribution in [2.45, 2.75) is 44.7 Å². The summed E-state index contributed by atoms with van der Waals surface area (Å²) in [5.74, 6) is 0.248. The largest absolute Gasteiger partial charge is 0.361 e. The van der Waals surface area contributed by atoms with E-state index in [0.717, 1.165) is 36.9 Å². The first-order chi connectivity index (χ1) is 14.2. The summed E-state index contributed by atoms with van der Waals surface area (Å²) in [6.07, 6.45) is 11.0. The summed E-state index contributed by atoms with van der Waals surface area (Å²) in [7, 11) is 2.09. The van der Waals surface area contributed by atoms with Crippen molar-refractivity contribution >= 4 is 16.8 Å². The first-order valence-electron chi connectivity index (χ1n) is 10.7. The number of nitrogens with one attached hydrogen (secondary N) is 1. The third-order valence-electron chi connectivity index (χ3n) is 6.04. The van der Waals surface area contributed by atoms with Crippen LogP contribution in [0.5, 0.6) is 0 Å². The van der Waals surface area contributed by atoms with Crippen LogP contribution in [0.1, 0.15) is 36.8 Å². The number of nitrogens with zero attached hydrogens (tertiary/aromatic N) is 3. The SMILES string of the molecule is CN1CCCCC[C@H]1C(=O)N(CCc1c[nH]c2ccccc12)Cc1cccnc1. The number of amides is 1. The van der Waals surface area contributed by atoms with Crippen molar-refractivity contribution < 1.29 is 4.79 Å². The second-order valence-corrected chi connectivity index (χ2v) is 8.08. The molecule has 1 atom stereocenters. The van der Waals surface area contributed by atoms with Gasteiger partial charge in [0.1, 0.15) is 0 Å². The predicted octanol–water partition coefficient (Wildman–Crippen LogP) is 4.01. The van der Waals surface area contributed by atoms with E-state index in [1.54, 1.807) is 6.20 Å². The summed E-state index contributed by atoms with van der Waals surface area (Å²) in [4.78, 5) is 25.4. The van der Waals surface area contributed by atoms with E-state index in [0.29, 0.717) is 13.1 Å². The Morgan fingerprint density at radius 3 is 2.97 bits per heavy atom. The van der Waals surface area contributed by atoms with Gasteiger partial charge in [-0.05, 0) is 56.1 Å². The number of likely N-dealkylation sites (N-methyl/N-ethyl adjacent to an activating group) is 1. The Kier molecular flexibility index (Phi) is 6.25. The van der Waals surface area contributed by atoms with E-state index in [1.807, 2.05) is 23.2 Å². The first kappa shape index (κ1) is 19.6. The van der Waals surface area contributed by atoms with Crippen LogP contribution in [0.2, 0.25) is 0 Å². The number of fused-ring (bicyclic) bond motifs is 1. The van der Waals surface area contributed by atoms with Gasteiger partial charge in [-0.15, -0.1) is 0 Å². The van der Waals surface area contributed by atoms with Gasteiger partial charge in [0, 0.05) is 42.6 Å². The lowest BCUT2D eigenvalue weighted by Crippen LogP contribution is -2.47. The van der Waals surface area contributed by atoms with E-state index in [2.05, 4.69) is 52.4 Å². The smallest absolute Gasteiger partial charge is 0.240 e. The van der Waals surface area contributed by atoms with E-state index < -0.39 is 0 Å². The molecule has 5 nitrogen and oxygen atoms in total. The fraction of sp³-hybridized carbons (Fsp3) is 0.417. The minimum absolute atomic E-state index is 0.0165. The zero-order valence-electron chi connectivity index (χ0n) is 17.2. The lowest BCUT2D eigenvalue weighted by atomic mass is 10.1. The number of H-pyrrole nitrogens is 1. The Hall–Kier alpha value is -2.66. The van der Waals surface area contributed by atoms with Crippen molar-refractivity contribution in [1.82, 2.24) is 19.8 Å². The maximum Gasteiger partial charge on any atom is 0.240 e. The van der Waals surface area contributed by atoms with Crippen LogP contribution >= 0.6 is 0 Å². The van der Waals surface area contributed by atoms with Crippen LogP contribution in [0, 0.1) is 0 Å². The van der Waals surface area contributed by atoms with Crippen molar-refractivity contribution in [2.24, 2.45) is 0 Å². The Labute approximate surface area is 172 Å². The van der Waals surface area contributed by atoms with Crippen LogP contribution < -0.4 is 0 Å². The van der Waals surface area contributed by atoms with Gasteiger partial charge < -0.3 is 9.88 Å². The Morgan fingerprint density at radius 1 is 1.21 bits per heavy atom. The van der Waals surface area contributed by atoms with E-state index >= 15 is 0 Å². The molecule has 29 heavy (non-hydrogen) atoms. The maximum atomic E-state index is 13.5. The van der Waals surface area contributed by atoms with Crippen LogP contribution in [-0.4, -0.2) is 51.9 Å². The van der Waals surface area contributed by atoms with Crippen molar-refractivity contribution in [1.29, 1.82) is 0 Å². The average Bonchev–Trinajstić information content (AvgIpc) is 3.04. The molecule has 1 aromatic carbocycles. The lowest BCUT2D eigenvalue weighted by Gasteiger charge is -2.31. The van der Waals surface area contributed by atoms with Crippen molar-refractivity contribution in [3.8, 4) is 0 Å². The molecule has 1 aliphatic heterocycles. The molecule has 4 rings (SSSR count). The van der Waals surface area contributed by atoms with Crippen LogP contribution in [0.3, 0.4) is 0 Å². The number of pyridine rings is 1. The van der Waals surface area contributed by atoms with Gasteiger partial charge in [0.25, 0.3) is 0 Å². The average molecular weight is 391 g/mol. The van der Waals surface area contributed by atoms with Gasteiger partial charge in [0.05, 0.1) is 6.04 Å². The van der Waals surface area contributed by atoms with Crippen molar-refractivity contribution in [3.63, 3.8) is 0 Å². The van der Waals surface area contributed by atoms with Crippen molar-refractivity contribution in [2.75, 3.05) is 20.1 Å². The van der Waals surface area contributed by atoms with E-state index in [9.17, 15) is 4.79 Å². The van der Waals surface area contributed by atoms with Gasteiger partial charge in [-0.1, -0.05) is 37.1 Å². The van der Waals surface area contributed by atoms with Gasteiger partial charge >= 0.3 is 0 Å². The third kappa shape index (κ3) is 4.67. The molecule has 152 valence electrons. The molecular formula is C24H30N4O. The number of hydrogen-bond acceptors (Lipinski definition) is 3. The summed E-state index contributed by atoms with van der Waals surface area (Å²) in [6.45, 7) is 2.32. The Bertz CT molecular complexity index is 936. The molecule has 1 aliphatic rings. The minimum atomic E-state index is -0.0165. The molecular weight excluding hydrogens is 360 g/mol. The Morgan fingerprint density at radius 2 is 2.10 bits per heavy atom. The quantitative estimate of drug-likeness (QED) is 0.692. The fourth-order valence-electron chi connectivity index (χ4n) is 4.35. The summed E-state index contributed by atoms with van der Waals surface area (Å²) >= 11 is 0. The number of hydrogen-bond donors (Lipinski definition) is 1. The molecule has 3 heterocycles. The zero-order valence-corrected chi connectivity index (χ0v) is 17.2. The maximum absolute atomic E-state index is 13.5. The summed E-state index contributed by atoms with van der Waals surface area (Å²) in [6, 6.07) is 12.3. The lowest BCUT2D eigenvalue weighted by molar-refractivity contribution is -0.137. The Balaban J connectivity index is 1.53. The molecule has 2 aromatic heterocycles. The fourth-order valence-corrected chi connectivity index (χ4v) is 4.35. The van der Waals surface area contributed by atoms with Gasteiger partial charge in [-0.2, -0.15) is 0 Å². The number of carbonyl (C=O) groups excluding carboxylic acids is 1. The predicted molar refractivity (Wildman–Crippen MR) is 117 cm³/mol. The number of aromatic nitrogens is 2. The minimum Gasteiger partial charge on any atom is -0.361 e. The van der Waals surface area contributed by atoms with E-state index in [-0.39, 0.29) is 11.9 Å². The number of rotatable bonds is 6. The monoisotopic (exact) mass is 390 g/mol. The molecule has 5 heteroatoms. The number of benzene rings is 1. The number of para-hydroxylation sites is 1. The molecule has 1 amide bonds. The summed E-state index contributed by atoms with van der Waals surface area (Å²) in [5.41, 5.74) is 3.49. The standard InChI is InChI=1S/C24H30N4O/c1-27-14-6-2-3-11-23(27)24(29)28(18-19-8-7-13-25-16-19)15-12-20-17-26-22-10-5-4-9-21(20)22/h4-5,7-10,13,16-17,23,26H,2-3,6,11-12,14-15,18H2,1H3/t23-/m0/s1. The molecule has 1 fully saturated rings. The van der Waals surface area contributed by atoms with Crippen LogP contribution in [-0.2, 0) is 17.8 Å². The van der Waals surface area contributed by atoms with Gasteiger partial charge in [0.15, 0.2) is 0 Å². The molecule has 0 saturated carbocycles. The first-order valence-corrected chi connectivity index (χ1v) is 10.7. The molecule has 0 aliphatic carbocycles. The van der Waals surface area contributed by atoms with Crippen LogP contribution in [0.25, 0.3) is 10.9 Å².